The van der Waals surface area contributed by atoms with Crippen molar-refractivity contribution in [3.63, 3.8) is 0 Å². The van der Waals surface area contributed by atoms with Crippen LogP contribution in [0.4, 0.5) is 0 Å². The molecule has 7 heteroatoms. The van der Waals surface area contributed by atoms with E-state index in [0.717, 1.165) is 16.7 Å². The standard InChI is InChI=1S/C25H20ClNO3S2/c1-29-21-13-19(12-20(26)23(21)30-16-18-10-6-3-7-11-18)14-22-24(28)27(25(31)32-22)15-17-8-4-2-5-9-17/h2-14H,15-16H2,1H3/b22-14-. The summed E-state index contributed by atoms with van der Waals surface area (Å²) >= 11 is 13.2. The average molecular weight is 482 g/mol. The van der Waals surface area contributed by atoms with Crippen molar-refractivity contribution in [2.45, 2.75) is 13.2 Å². The first-order valence-electron chi connectivity index (χ1n) is 9.88. The minimum absolute atomic E-state index is 0.122. The van der Waals surface area contributed by atoms with E-state index in [9.17, 15) is 4.79 Å². The zero-order chi connectivity index (χ0) is 22.5. The maximum atomic E-state index is 13.0. The summed E-state index contributed by atoms with van der Waals surface area (Å²) in [6.45, 7) is 0.813. The number of amides is 1. The highest BCUT2D eigenvalue weighted by molar-refractivity contribution is 8.26. The van der Waals surface area contributed by atoms with Gasteiger partial charge in [-0.25, -0.2) is 0 Å². The highest BCUT2D eigenvalue weighted by Crippen LogP contribution is 2.39. The molecule has 1 saturated heterocycles. The van der Waals surface area contributed by atoms with Gasteiger partial charge in [0.2, 0.25) is 0 Å². The molecule has 0 atom stereocenters. The van der Waals surface area contributed by atoms with Gasteiger partial charge in [-0.2, -0.15) is 0 Å². The molecule has 0 N–H and O–H groups in total. The van der Waals surface area contributed by atoms with E-state index in [1.807, 2.05) is 60.7 Å². The third-order valence-corrected chi connectivity index (χ3v) is 6.49. The molecule has 1 aliphatic rings. The first-order valence-corrected chi connectivity index (χ1v) is 11.5. The number of carbonyl (C=O) groups is 1. The number of ether oxygens (including phenoxy) is 2. The summed E-state index contributed by atoms with van der Waals surface area (Å²) in [5, 5.41) is 0.409. The molecule has 1 amide bonds. The molecule has 0 aliphatic carbocycles. The van der Waals surface area contributed by atoms with Crippen LogP contribution in [0.1, 0.15) is 16.7 Å². The minimum Gasteiger partial charge on any atom is -0.493 e. The molecule has 162 valence electrons. The molecule has 0 unspecified atom stereocenters. The van der Waals surface area contributed by atoms with Gasteiger partial charge < -0.3 is 9.47 Å². The van der Waals surface area contributed by atoms with Crippen LogP contribution < -0.4 is 9.47 Å². The normalized spacial score (nSPS) is 14.8. The third kappa shape index (κ3) is 5.15. The van der Waals surface area contributed by atoms with Crippen LogP contribution in [0.5, 0.6) is 11.5 Å². The van der Waals surface area contributed by atoms with Gasteiger partial charge in [0, 0.05) is 0 Å². The van der Waals surface area contributed by atoms with Crippen LogP contribution in [-0.4, -0.2) is 22.2 Å². The molecular formula is C25H20ClNO3S2. The topological polar surface area (TPSA) is 38.8 Å². The summed E-state index contributed by atoms with van der Waals surface area (Å²) in [5.74, 6) is 0.842. The van der Waals surface area contributed by atoms with Crippen molar-refractivity contribution in [1.29, 1.82) is 0 Å². The van der Waals surface area contributed by atoms with Gasteiger partial charge in [0.15, 0.2) is 11.5 Å². The highest BCUT2D eigenvalue weighted by atomic mass is 35.5. The van der Waals surface area contributed by atoms with E-state index in [4.69, 9.17) is 33.3 Å². The molecule has 3 aromatic rings. The van der Waals surface area contributed by atoms with Crippen molar-refractivity contribution >= 4 is 51.9 Å². The van der Waals surface area contributed by atoms with E-state index in [1.54, 1.807) is 30.2 Å². The Hall–Kier alpha value is -2.80. The fourth-order valence-corrected chi connectivity index (χ4v) is 4.78. The minimum atomic E-state index is -0.122. The molecule has 4 rings (SSSR count). The zero-order valence-corrected chi connectivity index (χ0v) is 19.7. The van der Waals surface area contributed by atoms with Crippen LogP contribution in [0.2, 0.25) is 5.02 Å². The lowest BCUT2D eigenvalue weighted by molar-refractivity contribution is -0.122. The Morgan fingerprint density at radius 2 is 1.69 bits per heavy atom. The van der Waals surface area contributed by atoms with Gasteiger partial charge in [0.1, 0.15) is 10.9 Å². The Labute approximate surface area is 201 Å². The van der Waals surface area contributed by atoms with Gasteiger partial charge in [-0.3, -0.25) is 9.69 Å². The first-order chi connectivity index (χ1) is 15.5. The van der Waals surface area contributed by atoms with Gasteiger partial charge in [0.05, 0.1) is 23.6 Å². The van der Waals surface area contributed by atoms with Gasteiger partial charge in [-0.1, -0.05) is 96.2 Å². The van der Waals surface area contributed by atoms with Crippen LogP contribution in [0.15, 0.2) is 77.7 Å². The summed E-state index contributed by atoms with van der Waals surface area (Å²) in [6, 6.07) is 23.2. The lowest BCUT2D eigenvalue weighted by Crippen LogP contribution is -2.27. The molecule has 1 fully saturated rings. The molecule has 1 aliphatic heterocycles. The van der Waals surface area contributed by atoms with E-state index in [2.05, 4.69) is 0 Å². The van der Waals surface area contributed by atoms with E-state index in [1.165, 1.54) is 11.8 Å². The van der Waals surface area contributed by atoms with Crippen molar-refractivity contribution in [1.82, 2.24) is 4.90 Å². The molecular weight excluding hydrogens is 462 g/mol. The largest absolute Gasteiger partial charge is 0.493 e. The number of halogens is 1. The number of methoxy groups -OCH3 is 1. The number of thiocarbonyl (C=S) groups is 1. The molecule has 0 aromatic heterocycles. The van der Waals surface area contributed by atoms with Crippen molar-refractivity contribution in [3.05, 3.63) is 99.4 Å². The molecule has 0 spiro atoms. The lowest BCUT2D eigenvalue weighted by atomic mass is 10.1. The van der Waals surface area contributed by atoms with E-state index < -0.39 is 0 Å². The molecule has 1 heterocycles. The number of hydrogen-bond acceptors (Lipinski definition) is 5. The molecule has 0 radical (unpaired) electrons. The quantitative estimate of drug-likeness (QED) is 0.291. The first kappa shape index (κ1) is 22.4. The SMILES string of the molecule is COc1cc(/C=C2\SC(=S)N(Cc3ccccc3)C2=O)cc(Cl)c1OCc1ccccc1. The Morgan fingerprint density at radius 1 is 1.03 bits per heavy atom. The van der Waals surface area contributed by atoms with Crippen LogP contribution in [-0.2, 0) is 17.9 Å². The molecule has 3 aromatic carbocycles. The van der Waals surface area contributed by atoms with E-state index >= 15 is 0 Å². The van der Waals surface area contributed by atoms with Crippen molar-refractivity contribution in [2.24, 2.45) is 0 Å². The Kier molecular flexibility index (Phi) is 7.15. The zero-order valence-electron chi connectivity index (χ0n) is 17.3. The lowest BCUT2D eigenvalue weighted by Gasteiger charge is -2.14. The number of nitrogens with zero attached hydrogens (tertiary/aromatic N) is 1. The Bertz CT molecular complexity index is 1170. The molecule has 32 heavy (non-hydrogen) atoms. The monoisotopic (exact) mass is 481 g/mol. The fourth-order valence-electron chi connectivity index (χ4n) is 3.25. The highest BCUT2D eigenvalue weighted by Gasteiger charge is 2.32. The number of benzene rings is 3. The Morgan fingerprint density at radius 3 is 2.34 bits per heavy atom. The second-order valence-corrected chi connectivity index (χ2v) is 9.14. The summed E-state index contributed by atoms with van der Waals surface area (Å²) < 4.78 is 11.9. The van der Waals surface area contributed by atoms with Gasteiger partial charge in [0.25, 0.3) is 5.91 Å². The van der Waals surface area contributed by atoms with Crippen LogP contribution in [0, 0.1) is 0 Å². The second-order valence-electron chi connectivity index (χ2n) is 7.06. The molecule has 0 saturated carbocycles. The van der Waals surface area contributed by atoms with Crippen molar-refractivity contribution in [2.75, 3.05) is 7.11 Å². The number of carbonyl (C=O) groups excluding carboxylic acids is 1. The van der Waals surface area contributed by atoms with E-state index in [-0.39, 0.29) is 5.91 Å². The van der Waals surface area contributed by atoms with Crippen molar-refractivity contribution < 1.29 is 14.3 Å². The number of hydrogen-bond donors (Lipinski definition) is 0. The summed E-state index contributed by atoms with van der Waals surface area (Å²) in [6.07, 6.45) is 1.78. The van der Waals surface area contributed by atoms with E-state index in [0.29, 0.717) is 38.9 Å². The predicted octanol–water partition coefficient (Wildman–Crippen LogP) is 6.33. The molecule has 4 nitrogen and oxygen atoms in total. The number of rotatable bonds is 7. The van der Waals surface area contributed by atoms with Gasteiger partial charge >= 0.3 is 0 Å². The van der Waals surface area contributed by atoms with Gasteiger partial charge in [-0.15, -0.1) is 0 Å². The molecule has 0 bridgehead atoms. The Balaban J connectivity index is 1.54. The summed E-state index contributed by atoms with van der Waals surface area (Å²) in [4.78, 5) is 15.1. The summed E-state index contributed by atoms with van der Waals surface area (Å²) in [5.41, 5.74) is 2.78. The predicted molar refractivity (Wildman–Crippen MR) is 134 cm³/mol. The second kappa shape index (κ2) is 10.2. The summed E-state index contributed by atoms with van der Waals surface area (Å²) in [7, 11) is 1.56. The van der Waals surface area contributed by atoms with Crippen LogP contribution >= 0.6 is 35.6 Å². The van der Waals surface area contributed by atoms with Crippen LogP contribution in [0.25, 0.3) is 6.08 Å². The van der Waals surface area contributed by atoms with Gasteiger partial charge in [-0.05, 0) is 34.9 Å². The maximum absolute atomic E-state index is 13.0. The van der Waals surface area contributed by atoms with Crippen LogP contribution in [0.3, 0.4) is 0 Å². The van der Waals surface area contributed by atoms with Crippen molar-refractivity contribution in [3.8, 4) is 11.5 Å². The smallest absolute Gasteiger partial charge is 0.266 e. The number of thioether (sulfide) groups is 1. The average Bonchev–Trinajstić information content (AvgIpc) is 3.06. The third-order valence-electron chi connectivity index (χ3n) is 4.83. The maximum Gasteiger partial charge on any atom is 0.266 e. The fraction of sp³-hybridized carbons (Fsp3) is 0.120.